The van der Waals surface area contributed by atoms with E-state index in [1.807, 2.05) is 17.5 Å². The van der Waals surface area contributed by atoms with E-state index in [2.05, 4.69) is 4.99 Å². The fourth-order valence-corrected chi connectivity index (χ4v) is 5.33. The lowest BCUT2D eigenvalue weighted by Gasteiger charge is -2.23. The van der Waals surface area contributed by atoms with Crippen LogP contribution in [-0.4, -0.2) is 23.1 Å². The van der Waals surface area contributed by atoms with E-state index in [4.69, 9.17) is 9.47 Å². The molecule has 0 saturated heterocycles. The lowest BCUT2D eigenvalue weighted by molar-refractivity contribution is -0.139. The van der Waals surface area contributed by atoms with Crippen molar-refractivity contribution in [2.75, 3.05) is 6.61 Å². The van der Waals surface area contributed by atoms with Crippen LogP contribution in [0, 0.1) is 0 Å². The molecule has 4 rings (SSSR count). The van der Waals surface area contributed by atoms with Gasteiger partial charge >= 0.3 is 11.9 Å². The second kappa shape index (κ2) is 9.05. The quantitative estimate of drug-likeness (QED) is 0.425. The summed E-state index contributed by atoms with van der Waals surface area (Å²) in [4.78, 5) is 43.2. The maximum atomic E-state index is 13.4. The number of hydrogen-bond acceptors (Lipinski definition) is 8. The smallest absolute Gasteiger partial charge is 0.338 e. The molecule has 2 aromatic heterocycles. The number of carbonyl (C=O) groups excluding carboxylic acids is 2. The van der Waals surface area contributed by atoms with Gasteiger partial charge in [0.25, 0.3) is 5.56 Å². The highest BCUT2D eigenvalue weighted by Crippen LogP contribution is 2.33. The van der Waals surface area contributed by atoms with E-state index in [1.165, 1.54) is 29.6 Å². The molecule has 1 aliphatic rings. The number of nitrogens with zero attached hydrogens (tertiary/aromatic N) is 2. The molecule has 0 amide bonds. The van der Waals surface area contributed by atoms with E-state index in [0.717, 1.165) is 10.4 Å². The number of carbonyl (C=O) groups is 2. The second-order valence-corrected chi connectivity index (χ2v) is 8.97. The minimum absolute atomic E-state index is 0.231. The molecule has 0 bridgehead atoms. The van der Waals surface area contributed by atoms with E-state index in [1.54, 1.807) is 48.8 Å². The molecule has 1 unspecified atom stereocenters. The topological polar surface area (TPSA) is 87.0 Å². The first-order valence-corrected chi connectivity index (χ1v) is 11.6. The Morgan fingerprint density at radius 3 is 2.59 bits per heavy atom. The number of fused-ring (bicyclic) bond motifs is 1. The third-order valence-corrected chi connectivity index (χ3v) is 6.68. The first kappa shape index (κ1) is 21.9. The molecule has 0 saturated carbocycles. The zero-order valence-electron chi connectivity index (χ0n) is 17.7. The fraction of sp³-hybridized carbons (Fsp3) is 0.217. The Balaban J connectivity index is 1.83. The Hall–Kier alpha value is -3.30. The zero-order valence-corrected chi connectivity index (χ0v) is 19.3. The molecular weight excluding hydrogens is 448 g/mol. The third kappa shape index (κ3) is 4.21. The van der Waals surface area contributed by atoms with Gasteiger partial charge in [-0.1, -0.05) is 29.5 Å². The predicted molar refractivity (Wildman–Crippen MR) is 122 cm³/mol. The van der Waals surface area contributed by atoms with Gasteiger partial charge < -0.3 is 9.47 Å². The van der Waals surface area contributed by atoms with E-state index >= 15 is 0 Å². The molecule has 3 aromatic rings. The van der Waals surface area contributed by atoms with Gasteiger partial charge in [-0.25, -0.2) is 9.79 Å². The van der Waals surface area contributed by atoms with Crippen LogP contribution < -0.4 is 19.6 Å². The number of hydrogen-bond donors (Lipinski definition) is 0. The summed E-state index contributed by atoms with van der Waals surface area (Å²) >= 11 is 2.74. The van der Waals surface area contributed by atoms with Crippen LogP contribution in [0.25, 0.3) is 6.08 Å². The predicted octanol–water partition coefficient (Wildman–Crippen LogP) is 2.79. The minimum Gasteiger partial charge on any atom is -0.463 e. The number of thiophene rings is 1. The molecule has 0 spiro atoms. The summed E-state index contributed by atoms with van der Waals surface area (Å²) in [5.74, 6) is -0.432. The lowest BCUT2D eigenvalue weighted by Crippen LogP contribution is -2.39. The van der Waals surface area contributed by atoms with Gasteiger partial charge in [-0.15, -0.1) is 11.3 Å². The van der Waals surface area contributed by atoms with Crippen molar-refractivity contribution >= 4 is 40.7 Å². The number of rotatable bonds is 5. The molecule has 0 aliphatic carbocycles. The average Bonchev–Trinajstić information content (AvgIpc) is 3.37. The number of thiazole rings is 1. The van der Waals surface area contributed by atoms with Crippen LogP contribution >= 0.6 is 22.7 Å². The van der Waals surface area contributed by atoms with Gasteiger partial charge in [0.1, 0.15) is 11.8 Å². The van der Waals surface area contributed by atoms with Crippen molar-refractivity contribution < 1.29 is 19.1 Å². The summed E-state index contributed by atoms with van der Waals surface area (Å²) in [5, 5.41) is 1.91. The van der Waals surface area contributed by atoms with E-state index in [-0.39, 0.29) is 12.2 Å². The number of ether oxygens (including phenoxy) is 2. The van der Waals surface area contributed by atoms with Crippen molar-refractivity contribution in [1.82, 2.24) is 4.57 Å². The Labute approximate surface area is 191 Å². The normalized spacial score (nSPS) is 15.8. The lowest BCUT2D eigenvalue weighted by atomic mass is 10.0. The van der Waals surface area contributed by atoms with Gasteiger partial charge in [0.15, 0.2) is 4.80 Å². The van der Waals surface area contributed by atoms with Crippen molar-refractivity contribution in [1.29, 1.82) is 0 Å². The molecule has 164 valence electrons. The molecular formula is C23H20N2O5S2. The Bertz CT molecular complexity index is 1380. The molecule has 0 N–H and O–H groups in total. The van der Waals surface area contributed by atoms with Gasteiger partial charge in [-0.05, 0) is 49.1 Å². The summed E-state index contributed by atoms with van der Waals surface area (Å²) in [5.41, 5.74) is 1.46. The highest BCUT2D eigenvalue weighted by Gasteiger charge is 2.33. The SMILES string of the molecule is CCOC(=O)C1=C(C)N=c2sc(=Cc3ccc(OC(C)=O)cc3)c(=O)n2C1c1cccs1. The zero-order chi connectivity index (χ0) is 22.8. The molecule has 9 heteroatoms. The highest BCUT2D eigenvalue weighted by molar-refractivity contribution is 7.10. The third-order valence-electron chi connectivity index (χ3n) is 4.77. The maximum Gasteiger partial charge on any atom is 0.338 e. The summed E-state index contributed by atoms with van der Waals surface area (Å²) < 4.78 is 12.4. The standard InChI is InChI=1S/C23H20N2O5S2/c1-4-29-22(28)19-13(2)24-23-25(20(19)17-6-5-11-31-17)21(27)18(32-23)12-15-7-9-16(10-8-15)30-14(3)26/h5-12,20H,4H2,1-3H3. The largest absolute Gasteiger partial charge is 0.463 e. The minimum atomic E-state index is -0.584. The average molecular weight is 469 g/mol. The summed E-state index contributed by atoms with van der Waals surface area (Å²) in [7, 11) is 0. The molecule has 1 aliphatic heterocycles. The van der Waals surface area contributed by atoms with Crippen LogP contribution in [-0.2, 0) is 14.3 Å². The van der Waals surface area contributed by atoms with Crippen LogP contribution in [0.3, 0.4) is 0 Å². The van der Waals surface area contributed by atoms with Gasteiger partial charge in [0.05, 0.1) is 22.4 Å². The van der Waals surface area contributed by atoms with E-state index in [0.29, 0.717) is 26.4 Å². The first-order valence-electron chi connectivity index (χ1n) is 9.90. The van der Waals surface area contributed by atoms with Crippen LogP contribution in [0.4, 0.5) is 0 Å². The molecule has 1 atom stereocenters. The fourth-order valence-electron chi connectivity index (χ4n) is 3.46. The van der Waals surface area contributed by atoms with Crippen LogP contribution in [0.2, 0.25) is 0 Å². The van der Waals surface area contributed by atoms with Gasteiger partial charge in [0.2, 0.25) is 0 Å². The molecule has 0 fully saturated rings. The van der Waals surface area contributed by atoms with Crippen molar-refractivity contribution in [3.05, 3.63) is 83.2 Å². The molecule has 0 radical (unpaired) electrons. The Morgan fingerprint density at radius 2 is 1.97 bits per heavy atom. The Kier molecular flexibility index (Phi) is 6.20. The molecule has 3 heterocycles. The van der Waals surface area contributed by atoms with Crippen molar-refractivity contribution in [3.63, 3.8) is 0 Å². The summed E-state index contributed by atoms with van der Waals surface area (Å²) in [6, 6.07) is 10.1. The number of allylic oxidation sites excluding steroid dienone is 1. The van der Waals surface area contributed by atoms with Crippen LogP contribution in [0.1, 0.15) is 37.3 Å². The van der Waals surface area contributed by atoms with Crippen LogP contribution in [0.5, 0.6) is 5.75 Å². The number of benzene rings is 1. The second-order valence-electron chi connectivity index (χ2n) is 6.98. The van der Waals surface area contributed by atoms with E-state index in [9.17, 15) is 14.4 Å². The van der Waals surface area contributed by atoms with Crippen molar-refractivity contribution in [2.24, 2.45) is 4.99 Å². The van der Waals surface area contributed by atoms with E-state index < -0.39 is 18.0 Å². The number of esters is 2. The van der Waals surface area contributed by atoms with Gasteiger partial charge in [0, 0.05) is 11.8 Å². The maximum absolute atomic E-state index is 13.4. The summed E-state index contributed by atoms with van der Waals surface area (Å²) in [6.45, 7) is 5.08. The van der Waals surface area contributed by atoms with Gasteiger partial charge in [-0.3, -0.25) is 14.2 Å². The molecule has 1 aromatic carbocycles. The molecule has 7 nitrogen and oxygen atoms in total. The van der Waals surface area contributed by atoms with Crippen molar-refractivity contribution in [3.8, 4) is 5.75 Å². The Morgan fingerprint density at radius 1 is 1.22 bits per heavy atom. The molecule has 32 heavy (non-hydrogen) atoms. The first-order chi connectivity index (χ1) is 15.4. The highest BCUT2D eigenvalue weighted by atomic mass is 32.1. The van der Waals surface area contributed by atoms with Crippen LogP contribution in [0.15, 0.2) is 62.8 Å². The number of aromatic nitrogens is 1. The van der Waals surface area contributed by atoms with Crippen molar-refractivity contribution in [2.45, 2.75) is 26.8 Å². The summed E-state index contributed by atoms with van der Waals surface area (Å²) in [6.07, 6.45) is 1.76. The monoisotopic (exact) mass is 468 g/mol. The van der Waals surface area contributed by atoms with Gasteiger partial charge in [-0.2, -0.15) is 0 Å².